The third-order valence-electron chi connectivity index (χ3n) is 2.32. The molecule has 0 spiro atoms. The Morgan fingerprint density at radius 2 is 1.93 bits per heavy atom. The molecule has 0 bridgehead atoms. The molecule has 0 radical (unpaired) electrons. The Bertz CT molecular complexity index is 273. The highest BCUT2D eigenvalue weighted by Crippen LogP contribution is 2.23. The van der Waals surface area contributed by atoms with Crippen molar-refractivity contribution in [2.24, 2.45) is 0 Å². The maximum atomic E-state index is 5.93. The van der Waals surface area contributed by atoms with Gasteiger partial charge in [0, 0.05) is 6.42 Å². The van der Waals surface area contributed by atoms with Gasteiger partial charge in [-0.2, -0.15) is 0 Å². The molecular formula is C11H19ClN2S. The summed E-state index contributed by atoms with van der Waals surface area (Å²) < 4.78 is 0. The van der Waals surface area contributed by atoms with Crippen LogP contribution in [0, 0.1) is 0 Å². The zero-order valence-electron chi connectivity index (χ0n) is 9.50. The van der Waals surface area contributed by atoms with Gasteiger partial charge in [0.25, 0.3) is 0 Å². The normalized spacial score (nSPS) is 13.0. The summed E-state index contributed by atoms with van der Waals surface area (Å²) in [5.74, 6) is 0. The lowest BCUT2D eigenvalue weighted by Gasteiger charge is -1.96. The second-order valence-corrected chi connectivity index (χ2v) is 5.56. The number of rotatable bonds is 7. The van der Waals surface area contributed by atoms with Gasteiger partial charge in [0.15, 0.2) is 0 Å². The van der Waals surface area contributed by atoms with Crippen LogP contribution in [0.3, 0.4) is 0 Å². The minimum Gasteiger partial charge on any atom is -0.144 e. The van der Waals surface area contributed by atoms with Gasteiger partial charge >= 0.3 is 0 Å². The number of aryl methyl sites for hydroxylation is 1. The minimum atomic E-state index is -0.00339. The van der Waals surface area contributed by atoms with E-state index in [-0.39, 0.29) is 5.38 Å². The van der Waals surface area contributed by atoms with E-state index in [4.69, 9.17) is 11.6 Å². The van der Waals surface area contributed by atoms with Crippen LogP contribution in [0.5, 0.6) is 0 Å². The fourth-order valence-corrected chi connectivity index (χ4v) is 2.40. The van der Waals surface area contributed by atoms with E-state index >= 15 is 0 Å². The summed E-state index contributed by atoms with van der Waals surface area (Å²) in [6.45, 7) is 4.17. The van der Waals surface area contributed by atoms with Crippen molar-refractivity contribution in [2.45, 2.75) is 57.7 Å². The van der Waals surface area contributed by atoms with Crippen LogP contribution in [0.15, 0.2) is 0 Å². The van der Waals surface area contributed by atoms with Crippen molar-refractivity contribution in [3.63, 3.8) is 0 Å². The predicted molar refractivity (Wildman–Crippen MR) is 66.6 cm³/mol. The monoisotopic (exact) mass is 246 g/mol. The van der Waals surface area contributed by atoms with Crippen LogP contribution < -0.4 is 0 Å². The Morgan fingerprint density at radius 1 is 1.20 bits per heavy atom. The minimum absolute atomic E-state index is 0.00339. The third-order valence-corrected chi connectivity index (χ3v) is 3.82. The molecule has 0 N–H and O–H groups in total. The number of unbranched alkanes of at least 4 members (excludes halogenated alkanes) is 4. The van der Waals surface area contributed by atoms with Crippen molar-refractivity contribution in [1.82, 2.24) is 10.2 Å². The number of aromatic nitrogens is 2. The van der Waals surface area contributed by atoms with Crippen LogP contribution in [0.2, 0.25) is 0 Å². The van der Waals surface area contributed by atoms with Crippen molar-refractivity contribution in [1.29, 1.82) is 0 Å². The zero-order valence-corrected chi connectivity index (χ0v) is 11.1. The van der Waals surface area contributed by atoms with Crippen LogP contribution in [0.25, 0.3) is 0 Å². The molecule has 1 aromatic heterocycles. The molecule has 0 saturated heterocycles. The summed E-state index contributed by atoms with van der Waals surface area (Å²) >= 11 is 7.58. The number of hydrogen-bond donors (Lipinski definition) is 0. The number of alkyl halides is 1. The van der Waals surface area contributed by atoms with Gasteiger partial charge in [0.1, 0.15) is 10.0 Å². The zero-order chi connectivity index (χ0) is 11.1. The highest BCUT2D eigenvalue weighted by Gasteiger charge is 2.08. The lowest BCUT2D eigenvalue weighted by molar-refractivity contribution is 0.629. The first-order chi connectivity index (χ1) is 7.24. The molecule has 1 aromatic rings. The van der Waals surface area contributed by atoms with E-state index in [1.54, 1.807) is 11.3 Å². The molecular weight excluding hydrogens is 228 g/mol. The SMILES string of the molecule is CCCCCCCc1nnc(C(C)Cl)s1. The third kappa shape index (κ3) is 4.94. The molecule has 0 aromatic carbocycles. The Labute approximate surface area is 101 Å². The largest absolute Gasteiger partial charge is 0.144 e. The molecule has 4 heteroatoms. The molecule has 0 aliphatic rings. The lowest BCUT2D eigenvalue weighted by atomic mass is 10.1. The van der Waals surface area contributed by atoms with Crippen molar-refractivity contribution < 1.29 is 0 Å². The Balaban J connectivity index is 2.20. The summed E-state index contributed by atoms with van der Waals surface area (Å²) in [5, 5.41) is 10.3. The van der Waals surface area contributed by atoms with Gasteiger partial charge in [-0.05, 0) is 13.3 Å². The molecule has 1 heterocycles. The van der Waals surface area contributed by atoms with Crippen LogP contribution in [-0.2, 0) is 6.42 Å². The first-order valence-electron chi connectivity index (χ1n) is 5.70. The Hall–Kier alpha value is -0.150. The van der Waals surface area contributed by atoms with Crippen LogP contribution in [0.1, 0.15) is 61.3 Å². The molecule has 1 atom stereocenters. The van der Waals surface area contributed by atoms with Crippen molar-refractivity contribution in [2.75, 3.05) is 0 Å². The van der Waals surface area contributed by atoms with Gasteiger partial charge in [-0.25, -0.2) is 0 Å². The van der Waals surface area contributed by atoms with Gasteiger partial charge in [0.05, 0.1) is 5.38 Å². The Kier molecular flexibility index (Phi) is 6.18. The molecule has 15 heavy (non-hydrogen) atoms. The van der Waals surface area contributed by atoms with Gasteiger partial charge in [0.2, 0.25) is 0 Å². The molecule has 0 aliphatic heterocycles. The molecule has 2 nitrogen and oxygen atoms in total. The average molecular weight is 247 g/mol. The molecule has 0 saturated carbocycles. The quantitative estimate of drug-likeness (QED) is 0.528. The predicted octanol–water partition coefficient (Wildman–Crippen LogP) is 4.35. The standard InChI is InChI=1S/C11H19ClN2S/c1-3-4-5-6-7-8-10-13-14-11(15-10)9(2)12/h9H,3-8H2,1-2H3. The first-order valence-corrected chi connectivity index (χ1v) is 6.95. The van der Waals surface area contributed by atoms with Crippen LogP contribution in [-0.4, -0.2) is 10.2 Å². The maximum absolute atomic E-state index is 5.93. The van der Waals surface area contributed by atoms with E-state index in [0.717, 1.165) is 16.4 Å². The maximum Gasteiger partial charge on any atom is 0.135 e. The van der Waals surface area contributed by atoms with Gasteiger partial charge < -0.3 is 0 Å². The van der Waals surface area contributed by atoms with E-state index in [0.29, 0.717) is 0 Å². The van der Waals surface area contributed by atoms with E-state index in [9.17, 15) is 0 Å². The molecule has 0 aliphatic carbocycles. The number of hydrogen-bond acceptors (Lipinski definition) is 3. The first kappa shape index (κ1) is 12.9. The van der Waals surface area contributed by atoms with Crippen LogP contribution >= 0.6 is 22.9 Å². The second-order valence-electron chi connectivity index (χ2n) is 3.81. The lowest BCUT2D eigenvalue weighted by Crippen LogP contribution is -1.85. The van der Waals surface area contributed by atoms with Gasteiger partial charge in [-0.3, -0.25) is 0 Å². The molecule has 86 valence electrons. The molecule has 1 rings (SSSR count). The summed E-state index contributed by atoms with van der Waals surface area (Å²) in [6.07, 6.45) is 7.58. The summed E-state index contributed by atoms with van der Waals surface area (Å²) in [7, 11) is 0. The van der Waals surface area contributed by atoms with E-state index in [1.807, 2.05) is 6.92 Å². The van der Waals surface area contributed by atoms with Gasteiger partial charge in [-0.1, -0.05) is 43.9 Å². The number of nitrogens with zero attached hydrogens (tertiary/aromatic N) is 2. The second kappa shape index (κ2) is 7.18. The number of halogens is 1. The van der Waals surface area contributed by atoms with E-state index in [2.05, 4.69) is 17.1 Å². The van der Waals surface area contributed by atoms with Gasteiger partial charge in [-0.15, -0.1) is 21.8 Å². The Morgan fingerprint density at radius 3 is 2.53 bits per heavy atom. The highest BCUT2D eigenvalue weighted by atomic mass is 35.5. The summed E-state index contributed by atoms with van der Waals surface area (Å²) in [5.41, 5.74) is 0. The molecule has 1 unspecified atom stereocenters. The van der Waals surface area contributed by atoms with Crippen molar-refractivity contribution in [3.05, 3.63) is 10.0 Å². The highest BCUT2D eigenvalue weighted by molar-refractivity contribution is 7.11. The summed E-state index contributed by atoms with van der Waals surface area (Å²) in [4.78, 5) is 0. The molecule has 0 amide bonds. The summed E-state index contributed by atoms with van der Waals surface area (Å²) in [6, 6.07) is 0. The fraction of sp³-hybridized carbons (Fsp3) is 0.818. The topological polar surface area (TPSA) is 25.8 Å². The van der Waals surface area contributed by atoms with E-state index < -0.39 is 0 Å². The smallest absolute Gasteiger partial charge is 0.135 e. The van der Waals surface area contributed by atoms with E-state index in [1.165, 1.54) is 32.1 Å². The average Bonchev–Trinajstić information content (AvgIpc) is 2.66. The van der Waals surface area contributed by atoms with Crippen molar-refractivity contribution in [3.8, 4) is 0 Å². The van der Waals surface area contributed by atoms with Crippen molar-refractivity contribution >= 4 is 22.9 Å². The van der Waals surface area contributed by atoms with Crippen LogP contribution in [0.4, 0.5) is 0 Å². The fourth-order valence-electron chi connectivity index (χ4n) is 1.41. The molecule has 0 fully saturated rings.